The standard InChI is InChI=1S/C32H36N2O3S/c1-2-18-32(29-14-7-5-12-27(29)28-13-6-8-15-30(28)32)38(36,37)22-9-19-33-20-16-25(17-21-33)34-23-24-10-3-4-11-26(24)31(34)35/h3-8,10-15,23,25,35H,2,9,16-22H2,1H3. The van der Waals surface area contributed by atoms with E-state index in [-0.39, 0.29) is 11.8 Å². The summed E-state index contributed by atoms with van der Waals surface area (Å²) in [6.07, 6.45) is 5.98. The van der Waals surface area contributed by atoms with Crippen molar-refractivity contribution in [3.63, 3.8) is 0 Å². The summed E-state index contributed by atoms with van der Waals surface area (Å²) in [5, 5.41) is 12.7. The van der Waals surface area contributed by atoms with Crippen molar-refractivity contribution in [2.24, 2.45) is 0 Å². The van der Waals surface area contributed by atoms with E-state index in [0.29, 0.717) is 18.7 Å². The largest absolute Gasteiger partial charge is 0.494 e. The molecule has 1 N–H and O–H groups in total. The number of rotatable bonds is 8. The Morgan fingerprint density at radius 2 is 1.50 bits per heavy atom. The van der Waals surface area contributed by atoms with Crippen molar-refractivity contribution in [2.75, 3.05) is 25.4 Å². The molecule has 0 bridgehead atoms. The smallest absolute Gasteiger partial charge is 0.199 e. The van der Waals surface area contributed by atoms with Crippen LogP contribution in [0.1, 0.15) is 56.2 Å². The molecule has 6 heteroatoms. The van der Waals surface area contributed by atoms with Gasteiger partial charge in [0, 0.05) is 36.1 Å². The van der Waals surface area contributed by atoms with Crippen LogP contribution in [0, 0.1) is 0 Å². The fraction of sp³-hybridized carbons (Fsp3) is 0.375. The molecule has 1 saturated heterocycles. The molecule has 1 fully saturated rings. The van der Waals surface area contributed by atoms with Gasteiger partial charge in [-0.05, 0) is 60.5 Å². The molecule has 2 aliphatic rings. The van der Waals surface area contributed by atoms with Crippen molar-refractivity contribution in [1.82, 2.24) is 9.47 Å². The van der Waals surface area contributed by atoms with E-state index < -0.39 is 14.6 Å². The van der Waals surface area contributed by atoms with Gasteiger partial charge in [0.25, 0.3) is 0 Å². The topological polar surface area (TPSA) is 62.5 Å². The minimum atomic E-state index is -3.45. The number of aromatic hydroxyl groups is 1. The molecule has 5 nitrogen and oxygen atoms in total. The number of aromatic nitrogens is 1. The van der Waals surface area contributed by atoms with E-state index in [1.165, 1.54) is 0 Å². The molecule has 0 radical (unpaired) electrons. The second-order valence-corrected chi connectivity index (χ2v) is 13.2. The monoisotopic (exact) mass is 528 g/mol. The molecule has 198 valence electrons. The van der Waals surface area contributed by atoms with E-state index >= 15 is 0 Å². The SMILES string of the molecule is CCCC1(S(=O)(=O)CCCN2CCC(n3cc4ccccc4c3O)CC2)c2ccccc2-c2ccccc21. The van der Waals surface area contributed by atoms with E-state index in [2.05, 4.69) is 30.2 Å². The van der Waals surface area contributed by atoms with Gasteiger partial charge in [-0.3, -0.25) is 0 Å². The second kappa shape index (κ2) is 9.90. The molecular weight excluding hydrogens is 492 g/mol. The van der Waals surface area contributed by atoms with Gasteiger partial charge in [-0.25, -0.2) is 8.42 Å². The third kappa shape index (κ3) is 3.97. The van der Waals surface area contributed by atoms with E-state index in [4.69, 9.17) is 0 Å². The number of fused-ring (bicyclic) bond motifs is 4. The minimum absolute atomic E-state index is 0.180. The number of likely N-dealkylation sites (tertiary alicyclic amines) is 1. The first kappa shape index (κ1) is 25.2. The Balaban J connectivity index is 1.15. The fourth-order valence-electron chi connectivity index (χ4n) is 6.91. The van der Waals surface area contributed by atoms with Crippen LogP contribution in [0.3, 0.4) is 0 Å². The highest BCUT2D eigenvalue weighted by molar-refractivity contribution is 7.92. The first-order valence-corrected chi connectivity index (χ1v) is 15.5. The predicted octanol–water partition coefficient (Wildman–Crippen LogP) is 6.51. The van der Waals surface area contributed by atoms with Crippen LogP contribution in [0.5, 0.6) is 5.88 Å². The van der Waals surface area contributed by atoms with Crippen molar-refractivity contribution in [3.8, 4) is 17.0 Å². The highest BCUT2D eigenvalue weighted by Gasteiger charge is 2.51. The summed E-state index contributed by atoms with van der Waals surface area (Å²) in [7, 11) is -3.45. The first-order valence-electron chi connectivity index (χ1n) is 13.9. The van der Waals surface area contributed by atoms with E-state index in [1.807, 2.05) is 65.2 Å². The summed E-state index contributed by atoms with van der Waals surface area (Å²) in [4.78, 5) is 2.38. The van der Waals surface area contributed by atoms with Crippen LogP contribution in [-0.2, 0) is 14.6 Å². The lowest BCUT2D eigenvalue weighted by atomic mass is 9.91. The molecule has 1 aliphatic heterocycles. The van der Waals surface area contributed by atoms with E-state index in [9.17, 15) is 13.5 Å². The lowest BCUT2D eigenvalue weighted by Crippen LogP contribution is -2.39. The van der Waals surface area contributed by atoms with Gasteiger partial charge in [-0.1, -0.05) is 80.1 Å². The zero-order valence-electron chi connectivity index (χ0n) is 22.0. The van der Waals surface area contributed by atoms with Crippen molar-refractivity contribution >= 4 is 20.6 Å². The maximum Gasteiger partial charge on any atom is 0.199 e. The van der Waals surface area contributed by atoms with Crippen LogP contribution >= 0.6 is 0 Å². The Bertz CT molecular complexity index is 1520. The Morgan fingerprint density at radius 3 is 2.13 bits per heavy atom. The third-order valence-electron chi connectivity index (χ3n) is 8.71. The van der Waals surface area contributed by atoms with Gasteiger partial charge in [-0.15, -0.1) is 0 Å². The van der Waals surface area contributed by atoms with E-state index in [0.717, 1.165) is 71.9 Å². The van der Waals surface area contributed by atoms with Crippen LogP contribution in [-0.4, -0.2) is 48.4 Å². The Hall–Kier alpha value is -3.09. The molecule has 38 heavy (non-hydrogen) atoms. The average molecular weight is 529 g/mol. The number of sulfone groups is 1. The quantitative estimate of drug-likeness (QED) is 0.283. The van der Waals surface area contributed by atoms with Crippen LogP contribution in [0.25, 0.3) is 21.9 Å². The zero-order valence-corrected chi connectivity index (χ0v) is 22.8. The molecule has 3 aromatic carbocycles. The summed E-state index contributed by atoms with van der Waals surface area (Å²) < 4.78 is 29.5. The van der Waals surface area contributed by atoms with Gasteiger partial charge < -0.3 is 14.6 Å². The number of hydrogen-bond donors (Lipinski definition) is 1. The number of nitrogens with zero attached hydrogens (tertiary/aromatic N) is 2. The first-order chi connectivity index (χ1) is 18.5. The molecule has 0 atom stereocenters. The van der Waals surface area contributed by atoms with Crippen LogP contribution < -0.4 is 0 Å². The van der Waals surface area contributed by atoms with Gasteiger partial charge in [0.2, 0.25) is 0 Å². The minimum Gasteiger partial charge on any atom is -0.494 e. The fourth-order valence-corrected chi connectivity index (χ4v) is 9.31. The second-order valence-electron chi connectivity index (χ2n) is 10.9. The number of benzene rings is 3. The summed E-state index contributed by atoms with van der Waals surface area (Å²) in [5.41, 5.74) is 4.01. The molecule has 6 rings (SSSR count). The molecule has 0 spiro atoms. The van der Waals surface area contributed by atoms with Crippen LogP contribution in [0.15, 0.2) is 79.0 Å². The van der Waals surface area contributed by atoms with Gasteiger partial charge in [0.05, 0.1) is 5.75 Å². The lowest BCUT2D eigenvalue weighted by molar-refractivity contribution is 0.182. The molecule has 0 unspecified atom stereocenters. The Morgan fingerprint density at radius 1 is 0.895 bits per heavy atom. The highest BCUT2D eigenvalue weighted by atomic mass is 32.2. The zero-order chi connectivity index (χ0) is 26.3. The highest BCUT2D eigenvalue weighted by Crippen LogP contribution is 2.54. The summed E-state index contributed by atoms with van der Waals surface area (Å²) in [6.45, 7) is 4.67. The van der Waals surface area contributed by atoms with Crippen molar-refractivity contribution < 1.29 is 13.5 Å². The summed E-state index contributed by atoms with van der Waals surface area (Å²) in [6, 6.07) is 24.3. The van der Waals surface area contributed by atoms with Crippen molar-refractivity contribution in [2.45, 2.75) is 49.8 Å². The number of piperidine rings is 1. The average Bonchev–Trinajstić information content (AvgIpc) is 3.43. The Labute approximate surface area is 225 Å². The molecular formula is C32H36N2O3S. The van der Waals surface area contributed by atoms with Gasteiger partial charge in [0.1, 0.15) is 4.75 Å². The number of hydrogen-bond acceptors (Lipinski definition) is 4. The van der Waals surface area contributed by atoms with E-state index in [1.54, 1.807) is 0 Å². The van der Waals surface area contributed by atoms with Crippen molar-refractivity contribution in [3.05, 3.63) is 90.1 Å². The summed E-state index contributed by atoms with van der Waals surface area (Å²) in [5.74, 6) is 0.530. The summed E-state index contributed by atoms with van der Waals surface area (Å²) >= 11 is 0. The molecule has 0 amide bonds. The van der Waals surface area contributed by atoms with Gasteiger partial charge in [0.15, 0.2) is 15.7 Å². The normalized spacial score (nSPS) is 17.5. The Kier molecular flexibility index (Phi) is 6.57. The lowest BCUT2D eigenvalue weighted by Gasteiger charge is -2.34. The van der Waals surface area contributed by atoms with Gasteiger partial charge in [-0.2, -0.15) is 0 Å². The molecule has 2 heterocycles. The third-order valence-corrected chi connectivity index (χ3v) is 11.2. The molecule has 0 saturated carbocycles. The van der Waals surface area contributed by atoms with Gasteiger partial charge >= 0.3 is 0 Å². The molecule has 4 aromatic rings. The van der Waals surface area contributed by atoms with Crippen LogP contribution in [0.2, 0.25) is 0 Å². The maximum atomic E-state index is 14.2. The predicted molar refractivity (Wildman–Crippen MR) is 154 cm³/mol. The molecule has 1 aliphatic carbocycles. The maximum absolute atomic E-state index is 14.2. The van der Waals surface area contributed by atoms with Crippen LogP contribution in [0.4, 0.5) is 0 Å². The molecule has 1 aromatic heterocycles. The van der Waals surface area contributed by atoms with Crippen molar-refractivity contribution in [1.29, 1.82) is 0 Å².